The lowest BCUT2D eigenvalue weighted by Crippen LogP contribution is -2.37. The van der Waals surface area contributed by atoms with Crippen LogP contribution in [0.1, 0.15) is 18.5 Å². The van der Waals surface area contributed by atoms with Gasteiger partial charge < -0.3 is 5.32 Å². The Bertz CT molecular complexity index is 1310. The Balaban J connectivity index is 1.52. The number of nitrogens with zero attached hydrogens (tertiary/aromatic N) is 3. The van der Waals surface area contributed by atoms with Crippen LogP contribution in [-0.4, -0.2) is 28.7 Å². The Morgan fingerprint density at radius 1 is 0.914 bits per heavy atom. The molecule has 2 fully saturated rings. The molecule has 1 N–H and O–H groups in total. The highest BCUT2D eigenvalue weighted by atomic mass is 16.7. The van der Waals surface area contributed by atoms with E-state index in [1.807, 2.05) is 30.3 Å². The van der Waals surface area contributed by atoms with Crippen molar-refractivity contribution < 1.29 is 24.1 Å². The zero-order valence-electron chi connectivity index (χ0n) is 18.5. The molecule has 0 aromatic heterocycles. The van der Waals surface area contributed by atoms with Crippen LogP contribution < -0.4 is 15.3 Å². The highest BCUT2D eigenvalue weighted by Gasteiger charge is 2.60. The first-order valence-electron chi connectivity index (χ1n) is 10.9. The first-order valence-corrected chi connectivity index (χ1v) is 10.9. The number of imide groups is 1. The van der Waals surface area contributed by atoms with Crippen molar-refractivity contribution in [1.29, 1.82) is 0 Å². The second kappa shape index (κ2) is 8.65. The average molecular weight is 472 g/mol. The Labute approximate surface area is 199 Å². The lowest BCUT2D eigenvalue weighted by Gasteiger charge is -2.28. The number of amides is 3. The fraction of sp³-hybridized carbons (Fsp3) is 0.160. The minimum Gasteiger partial charge on any atom is -0.326 e. The SMILES string of the molecule is CC(=O)Nc1ccc([C@@H]2[C@@H]3C(=O)N(c4ccc([N+](=O)[O-])cc4)C(=O)[C@@H]3ON2c2ccccc2)cc1. The maximum Gasteiger partial charge on any atom is 0.269 e. The van der Waals surface area contributed by atoms with Crippen molar-refractivity contribution >= 4 is 40.5 Å². The minimum atomic E-state index is -1.06. The molecule has 10 heteroatoms. The molecular formula is C25H20N4O6. The van der Waals surface area contributed by atoms with Crippen LogP contribution in [0, 0.1) is 16.0 Å². The predicted molar refractivity (Wildman–Crippen MR) is 126 cm³/mol. The third-order valence-corrected chi connectivity index (χ3v) is 6.02. The van der Waals surface area contributed by atoms with E-state index in [0.29, 0.717) is 11.4 Å². The van der Waals surface area contributed by atoms with E-state index in [1.165, 1.54) is 31.2 Å². The number of carbonyl (C=O) groups excluding carboxylic acids is 3. The van der Waals surface area contributed by atoms with Crippen molar-refractivity contribution in [2.75, 3.05) is 15.3 Å². The maximum atomic E-state index is 13.6. The van der Waals surface area contributed by atoms with Gasteiger partial charge in [-0.2, -0.15) is 0 Å². The van der Waals surface area contributed by atoms with Crippen molar-refractivity contribution in [2.45, 2.75) is 19.1 Å². The van der Waals surface area contributed by atoms with Crippen molar-refractivity contribution in [1.82, 2.24) is 0 Å². The van der Waals surface area contributed by atoms with E-state index in [0.717, 1.165) is 10.5 Å². The Morgan fingerprint density at radius 2 is 1.57 bits per heavy atom. The normalized spacial score (nSPS) is 21.2. The first kappa shape index (κ1) is 22.2. The molecule has 3 aromatic rings. The zero-order valence-corrected chi connectivity index (χ0v) is 18.5. The monoisotopic (exact) mass is 472 g/mol. The fourth-order valence-corrected chi connectivity index (χ4v) is 4.50. The van der Waals surface area contributed by atoms with Gasteiger partial charge >= 0.3 is 0 Å². The van der Waals surface area contributed by atoms with Gasteiger partial charge in [-0.3, -0.25) is 29.3 Å². The van der Waals surface area contributed by atoms with E-state index in [-0.39, 0.29) is 17.3 Å². The van der Waals surface area contributed by atoms with Gasteiger partial charge in [0.25, 0.3) is 11.6 Å². The molecule has 0 saturated carbocycles. The predicted octanol–water partition coefficient (Wildman–Crippen LogP) is 3.60. The van der Waals surface area contributed by atoms with Gasteiger partial charge in [-0.05, 0) is 42.0 Å². The molecule has 176 valence electrons. The van der Waals surface area contributed by atoms with Crippen molar-refractivity contribution in [3.63, 3.8) is 0 Å². The van der Waals surface area contributed by atoms with Gasteiger partial charge in [-0.1, -0.05) is 30.3 Å². The third-order valence-electron chi connectivity index (χ3n) is 6.02. The van der Waals surface area contributed by atoms with Gasteiger partial charge in [0.1, 0.15) is 5.92 Å². The van der Waals surface area contributed by atoms with E-state index in [1.54, 1.807) is 29.3 Å². The lowest BCUT2D eigenvalue weighted by atomic mass is 9.90. The fourth-order valence-electron chi connectivity index (χ4n) is 4.50. The van der Waals surface area contributed by atoms with Crippen LogP contribution in [0.15, 0.2) is 78.9 Å². The molecule has 5 rings (SSSR count). The molecule has 3 amide bonds. The van der Waals surface area contributed by atoms with Crippen molar-refractivity contribution in [3.8, 4) is 0 Å². The highest BCUT2D eigenvalue weighted by Crippen LogP contribution is 2.47. The molecule has 0 aliphatic carbocycles. The Morgan fingerprint density at radius 3 is 2.17 bits per heavy atom. The summed E-state index contributed by atoms with van der Waals surface area (Å²) in [5.74, 6) is -2.04. The zero-order chi connectivity index (χ0) is 24.7. The molecule has 2 aliphatic rings. The van der Waals surface area contributed by atoms with E-state index in [9.17, 15) is 24.5 Å². The number of para-hydroxylation sites is 1. The van der Waals surface area contributed by atoms with E-state index < -0.39 is 34.8 Å². The molecule has 0 unspecified atom stereocenters. The van der Waals surface area contributed by atoms with E-state index >= 15 is 0 Å². The largest absolute Gasteiger partial charge is 0.326 e. The summed E-state index contributed by atoms with van der Waals surface area (Å²) in [7, 11) is 0. The van der Waals surface area contributed by atoms with Crippen LogP contribution in [0.5, 0.6) is 0 Å². The minimum absolute atomic E-state index is 0.142. The van der Waals surface area contributed by atoms with Gasteiger partial charge in [0, 0.05) is 24.7 Å². The van der Waals surface area contributed by atoms with Crippen LogP contribution in [0.3, 0.4) is 0 Å². The Kier molecular flexibility index (Phi) is 5.50. The summed E-state index contributed by atoms with van der Waals surface area (Å²) in [5.41, 5.74) is 2.11. The summed E-state index contributed by atoms with van der Waals surface area (Å²) >= 11 is 0. The lowest BCUT2D eigenvalue weighted by molar-refractivity contribution is -0.384. The number of rotatable bonds is 5. The summed E-state index contributed by atoms with van der Waals surface area (Å²) < 4.78 is 0. The van der Waals surface area contributed by atoms with Gasteiger partial charge in [0.05, 0.1) is 22.3 Å². The summed E-state index contributed by atoms with van der Waals surface area (Å²) in [4.78, 5) is 55.8. The number of nitro benzene ring substituents is 1. The summed E-state index contributed by atoms with van der Waals surface area (Å²) in [6.07, 6.45) is -1.06. The van der Waals surface area contributed by atoms with E-state index in [2.05, 4.69) is 5.32 Å². The number of hydrogen-bond acceptors (Lipinski definition) is 7. The van der Waals surface area contributed by atoms with Crippen molar-refractivity contribution in [2.24, 2.45) is 5.92 Å². The number of non-ortho nitro benzene ring substituents is 1. The van der Waals surface area contributed by atoms with Crippen LogP contribution in [0.25, 0.3) is 0 Å². The number of hydrogen-bond donors (Lipinski definition) is 1. The number of carbonyl (C=O) groups is 3. The molecule has 3 atom stereocenters. The average Bonchev–Trinajstić information content (AvgIpc) is 3.36. The molecule has 3 aromatic carbocycles. The quantitative estimate of drug-likeness (QED) is 0.342. The van der Waals surface area contributed by atoms with Crippen LogP contribution in [-0.2, 0) is 19.2 Å². The molecule has 0 radical (unpaired) electrons. The second-order valence-corrected chi connectivity index (χ2v) is 8.25. The Hall–Kier alpha value is -4.57. The summed E-state index contributed by atoms with van der Waals surface area (Å²) in [6.45, 7) is 1.41. The van der Waals surface area contributed by atoms with Gasteiger partial charge in [0.15, 0.2) is 6.10 Å². The molecule has 35 heavy (non-hydrogen) atoms. The molecule has 2 saturated heterocycles. The number of nitrogens with one attached hydrogen (secondary N) is 1. The van der Waals surface area contributed by atoms with Crippen LogP contribution >= 0.6 is 0 Å². The van der Waals surface area contributed by atoms with Crippen LogP contribution in [0.4, 0.5) is 22.7 Å². The number of benzene rings is 3. The molecule has 10 nitrogen and oxygen atoms in total. The highest BCUT2D eigenvalue weighted by molar-refractivity contribution is 6.24. The van der Waals surface area contributed by atoms with Gasteiger partial charge in [0.2, 0.25) is 11.8 Å². The summed E-state index contributed by atoms with van der Waals surface area (Å²) in [6, 6.07) is 20.8. The number of anilines is 3. The molecular weight excluding hydrogens is 452 g/mol. The van der Waals surface area contributed by atoms with Crippen LogP contribution in [0.2, 0.25) is 0 Å². The summed E-state index contributed by atoms with van der Waals surface area (Å²) in [5, 5.41) is 15.3. The number of hydroxylamine groups is 1. The van der Waals surface area contributed by atoms with E-state index in [4.69, 9.17) is 4.84 Å². The second-order valence-electron chi connectivity index (χ2n) is 8.25. The molecule has 2 aliphatic heterocycles. The van der Waals surface area contributed by atoms with Crippen molar-refractivity contribution in [3.05, 3.63) is 94.5 Å². The molecule has 0 spiro atoms. The topological polar surface area (TPSA) is 122 Å². The van der Waals surface area contributed by atoms with Gasteiger partial charge in [-0.15, -0.1) is 0 Å². The standard InChI is InChI=1S/C25H20N4O6/c1-15(30)26-17-9-7-16(8-10-17)22-21-23(35-28(22)19-5-3-2-4-6-19)25(32)27(24(21)31)18-11-13-20(14-12-18)29(33)34/h2-14,21-23H,1H3,(H,26,30)/t21-,22+,23+/m0/s1. The first-order chi connectivity index (χ1) is 16.8. The molecule has 0 bridgehead atoms. The number of fused-ring (bicyclic) bond motifs is 1. The van der Waals surface area contributed by atoms with Gasteiger partial charge in [-0.25, -0.2) is 9.96 Å². The number of nitro groups is 1. The third kappa shape index (κ3) is 3.89. The maximum absolute atomic E-state index is 13.6. The molecule has 2 heterocycles. The smallest absolute Gasteiger partial charge is 0.269 e.